The molecule has 12 nitrogen and oxygen atoms in total. The van der Waals surface area contributed by atoms with Gasteiger partial charge in [-0.05, 0) is 12.1 Å². The molecule has 0 aliphatic carbocycles. The first-order chi connectivity index (χ1) is 16.9. The molecule has 2 aliphatic heterocycles. The molecular formula is C21H19N7O5S2. The van der Waals surface area contributed by atoms with Gasteiger partial charge in [-0.1, -0.05) is 11.2 Å². The van der Waals surface area contributed by atoms with Crippen molar-refractivity contribution in [2.75, 3.05) is 18.6 Å². The van der Waals surface area contributed by atoms with Gasteiger partial charge in [-0.15, -0.1) is 23.1 Å². The molecule has 2 amide bonds. The Hall–Kier alpha value is -3.91. The van der Waals surface area contributed by atoms with Gasteiger partial charge in [0.2, 0.25) is 6.33 Å². The summed E-state index contributed by atoms with van der Waals surface area (Å²) in [6.45, 7) is 0.279. The van der Waals surface area contributed by atoms with Crippen LogP contribution in [0.4, 0.5) is 5.13 Å². The van der Waals surface area contributed by atoms with Gasteiger partial charge in [-0.25, -0.2) is 14.0 Å². The van der Waals surface area contributed by atoms with E-state index in [0.717, 1.165) is 16.9 Å². The summed E-state index contributed by atoms with van der Waals surface area (Å²) in [5, 5.41) is 19.6. The standard InChI is InChI=1S/C21H19N7O5S2/c1-33-25-14(13-9-35-21(22)23-13)17(29)24-15-18(30)28-16(20(31)32)11(8-34-19(15)28)6-26-7-12-4-2-3-5-27(12)10-26/h2-5,7,9-10,15,19H,6,8H2,1H3,(H3-,22,23,24,29,31,32)/b25-14-/t15-,19+/m1/s1. The number of aliphatic carboxylic acids is 1. The zero-order valence-electron chi connectivity index (χ0n) is 18.3. The fourth-order valence-corrected chi connectivity index (χ4v) is 5.93. The molecule has 0 unspecified atom stereocenters. The van der Waals surface area contributed by atoms with Crippen LogP contribution in [0.3, 0.4) is 0 Å². The number of thiazole rings is 1. The van der Waals surface area contributed by atoms with E-state index >= 15 is 0 Å². The highest BCUT2D eigenvalue weighted by Crippen LogP contribution is 2.40. The number of pyridine rings is 1. The average Bonchev–Trinajstić information content (AvgIpc) is 3.45. The summed E-state index contributed by atoms with van der Waals surface area (Å²) in [7, 11) is 1.28. The molecule has 2 atom stereocenters. The quantitative estimate of drug-likeness (QED) is 0.171. The molecule has 14 heteroatoms. The summed E-state index contributed by atoms with van der Waals surface area (Å²) in [5.74, 6) is -2.32. The summed E-state index contributed by atoms with van der Waals surface area (Å²) in [5.41, 5.74) is 7.04. The number of nitrogens with two attached hydrogens (primary N) is 1. The largest absolute Gasteiger partial charge is 0.543 e. The first-order valence-electron chi connectivity index (χ1n) is 10.3. The number of nitrogens with zero attached hydrogens (tertiary/aromatic N) is 5. The zero-order valence-corrected chi connectivity index (χ0v) is 19.9. The van der Waals surface area contributed by atoms with E-state index < -0.39 is 29.2 Å². The summed E-state index contributed by atoms with van der Waals surface area (Å²) in [6.07, 6.45) is 5.62. The van der Waals surface area contributed by atoms with Gasteiger partial charge < -0.3 is 25.8 Å². The maximum absolute atomic E-state index is 13.0. The van der Waals surface area contributed by atoms with E-state index in [2.05, 4.69) is 15.5 Å². The normalized spacial score (nSPS) is 20.0. The molecule has 3 aromatic rings. The van der Waals surface area contributed by atoms with Crippen molar-refractivity contribution >= 4 is 57.2 Å². The Morgan fingerprint density at radius 2 is 2.26 bits per heavy atom. The maximum atomic E-state index is 13.0. The molecule has 1 saturated heterocycles. The van der Waals surface area contributed by atoms with Crippen LogP contribution in [0, 0.1) is 0 Å². The van der Waals surface area contributed by atoms with Crippen LogP contribution < -0.4 is 20.6 Å². The van der Waals surface area contributed by atoms with Crippen LogP contribution in [0.5, 0.6) is 0 Å². The van der Waals surface area contributed by atoms with Crippen molar-refractivity contribution in [3.8, 4) is 0 Å². The highest BCUT2D eigenvalue weighted by molar-refractivity contribution is 8.00. The third-order valence-corrected chi connectivity index (χ3v) is 7.57. The minimum atomic E-state index is -1.44. The molecule has 5 rings (SSSR count). The van der Waals surface area contributed by atoms with Gasteiger partial charge in [0.05, 0.1) is 17.9 Å². The van der Waals surface area contributed by atoms with E-state index in [1.807, 2.05) is 45.9 Å². The second-order valence-electron chi connectivity index (χ2n) is 7.74. The van der Waals surface area contributed by atoms with Crippen LogP contribution in [0.25, 0.3) is 5.52 Å². The second kappa shape index (κ2) is 9.03. The summed E-state index contributed by atoms with van der Waals surface area (Å²) >= 11 is 2.49. The van der Waals surface area contributed by atoms with Gasteiger partial charge in [0.15, 0.2) is 16.4 Å². The van der Waals surface area contributed by atoms with Crippen LogP contribution in [0.15, 0.2) is 58.7 Å². The Morgan fingerprint density at radius 1 is 1.43 bits per heavy atom. The molecule has 0 radical (unpaired) electrons. The summed E-state index contributed by atoms with van der Waals surface area (Å²) < 4.78 is 3.76. The molecule has 3 aromatic heterocycles. The van der Waals surface area contributed by atoms with E-state index in [1.54, 1.807) is 5.38 Å². The van der Waals surface area contributed by atoms with E-state index in [4.69, 9.17) is 10.6 Å². The number of nitrogen functional groups attached to an aromatic ring is 1. The predicted octanol–water partition coefficient (Wildman–Crippen LogP) is -1.28. The third kappa shape index (κ3) is 4.10. The first kappa shape index (κ1) is 22.9. The maximum Gasteiger partial charge on any atom is 0.276 e. The first-order valence-corrected chi connectivity index (χ1v) is 12.3. The van der Waals surface area contributed by atoms with E-state index in [1.165, 1.54) is 23.8 Å². The number of nitrogens with one attached hydrogen (secondary N) is 1. The molecule has 5 heterocycles. The number of aromatic nitrogens is 3. The lowest BCUT2D eigenvalue weighted by Crippen LogP contribution is -2.71. The average molecular weight is 514 g/mol. The summed E-state index contributed by atoms with van der Waals surface area (Å²) in [4.78, 5) is 47.8. The minimum Gasteiger partial charge on any atom is -0.543 e. The Kier molecular flexibility index (Phi) is 5.90. The number of amides is 2. The van der Waals surface area contributed by atoms with Crippen LogP contribution in [0.1, 0.15) is 5.69 Å². The van der Waals surface area contributed by atoms with Crippen molar-refractivity contribution in [3.05, 3.63) is 59.3 Å². The van der Waals surface area contributed by atoms with Crippen LogP contribution in [-0.2, 0) is 25.8 Å². The number of carbonyl (C=O) groups excluding carboxylic acids is 3. The molecule has 3 N–H and O–H groups in total. The van der Waals surface area contributed by atoms with Gasteiger partial charge >= 0.3 is 0 Å². The van der Waals surface area contributed by atoms with Gasteiger partial charge in [0, 0.05) is 16.7 Å². The smallest absolute Gasteiger partial charge is 0.276 e. The minimum absolute atomic E-state index is 0.138. The number of β-lactam (4-membered cyclic amide) rings is 1. The van der Waals surface area contributed by atoms with Crippen molar-refractivity contribution in [2.45, 2.75) is 18.0 Å². The molecule has 180 valence electrons. The number of thioether (sulfide) groups is 1. The molecule has 0 bridgehead atoms. The van der Waals surface area contributed by atoms with Crippen molar-refractivity contribution < 1.29 is 28.7 Å². The Morgan fingerprint density at radius 3 is 2.94 bits per heavy atom. The number of hydrogen-bond acceptors (Lipinski definition) is 10. The molecule has 0 spiro atoms. The monoisotopic (exact) mass is 513 g/mol. The molecule has 0 saturated carbocycles. The van der Waals surface area contributed by atoms with Crippen LogP contribution >= 0.6 is 23.1 Å². The SMILES string of the molecule is CO/N=C(\C(=O)N[C@@H]1C(=O)N2C(C(=O)[O-])=C(Cn3cc4cccc[n+]4c3)CS[C@@H]12)c1csc(N)n1. The van der Waals surface area contributed by atoms with Gasteiger partial charge in [0.1, 0.15) is 37.0 Å². The van der Waals surface area contributed by atoms with Crippen molar-refractivity contribution in [3.63, 3.8) is 0 Å². The number of carboxylic acid groups (broad SMARTS) is 1. The number of rotatable bonds is 7. The highest BCUT2D eigenvalue weighted by atomic mass is 32.2. The zero-order chi connectivity index (χ0) is 24.7. The fourth-order valence-electron chi connectivity index (χ4n) is 4.05. The second-order valence-corrected chi connectivity index (χ2v) is 9.74. The lowest BCUT2D eigenvalue weighted by molar-refractivity contribution is -0.512. The van der Waals surface area contributed by atoms with Gasteiger partial charge in [0.25, 0.3) is 11.8 Å². The molecule has 2 aliphatic rings. The van der Waals surface area contributed by atoms with Gasteiger partial charge in [-0.3, -0.25) is 14.5 Å². The molecular weight excluding hydrogens is 494 g/mol. The highest BCUT2D eigenvalue weighted by Gasteiger charge is 2.53. The Balaban J connectivity index is 1.36. The summed E-state index contributed by atoms with van der Waals surface area (Å²) in [6, 6.07) is 4.80. The van der Waals surface area contributed by atoms with E-state index in [-0.39, 0.29) is 28.8 Å². The number of hydrogen-bond donors (Lipinski definition) is 2. The fraction of sp³-hybridized carbons (Fsp3) is 0.238. The number of carboxylic acids is 1. The predicted molar refractivity (Wildman–Crippen MR) is 125 cm³/mol. The molecule has 35 heavy (non-hydrogen) atoms. The van der Waals surface area contributed by atoms with E-state index in [9.17, 15) is 19.5 Å². The lowest BCUT2D eigenvalue weighted by Gasteiger charge is -2.50. The number of anilines is 1. The van der Waals surface area contributed by atoms with Crippen LogP contribution in [-0.4, -0.2) is 62.2 Å². The van der Waals surface area contributed by atoms with E-state index in [0.29, 0.717) is 11.3 Å². The van der Waals surface area contributed by atoms with Crippen molar-refractivity contribution in [1.82, 2.24) is 19.8 Å². The van der Waals surface area contributed by atoms with Crippen LogP contribution in [0.2, 0.25) is 0 Å². The number of carbonyl (C=O) groups is 3. The molecule has 1 fully saturated rings. The molecule has 0 aromatic carbocycles. The Labute approximate surface area is 206 Å². The number of imidazole rings is 1. The third-order valence-electron chi connectivity index (χ3n) is 5.56. The topological polar surface area (TPSA) is 159 Å². The Bertz CT molecular complexity index is 1380. The number of oxime groups is 1. The lowest BCUT2D eigenvalue weighted by atomic mass is 10.0. The van der Waals surface area contributed by atoms with Crippen molar-refractivity contribution in [1.29, 1.82) is 0 Å². The van der Waals surface area contributed by atoms with Gasteiger partial charge in [-0.2, -0.15) is 0 Å². The van der Waals surface area contributed by atoms with Crippen molar-refractivity contribution in [2.24, 2.45) is 5.16 Å². The number of fused-ring (bicyclic) bond motifs is 2.